The SMILES string of the molecule is C=C1CCC2[C@](C)(COC)[C@H](OC)CC[C@@]2(C)[C@@H]1C/C=C1/C(=O)OCC1OC(=O)CCCCC1CCNN1. The molecule has 0 radical (unpaired) electrons. The molecule has 214 valence electrons. The number of carbonyl (C=O) groups is 2. The van der Waals surface area contributed by atoms with E-state index in [1.54, 1.807) is 7.11 Å². The molecule has 2 aliphatic heterocycles. The molecule has 0 amide bonds. The normalized spacial score (nSPS) is 38.3. The molecular weight excluding hydrogens is 484 g/mol. The van der Waals surface area contributed by atoms with E-state index in [0.29, 0.717) is 37.0 Å². The maximum Gasteiger partial charge on any atom is 0.337 e. The maximum absolute atomic E-state index is 12.6. The van der Waals surface area contributed by atoms with E-state index < -0.39 is 6.10 Å². The Hall–Kier alpha value is -1.74. The van der Waals surface area contributed by atoms with Gasteiger partial charge >= 0.3 is 11.9 Å². The Labute approximate surface area is 228 Å². The summed E-state index contributed by atoms with van der Waals surface area (Å²) >= 11 is 0. The van der Waals surface area contributed by atoms with Crippen LogP contribution in [0.1, 0.15) is 78.1 Å². The number of unbranched alkanes of at least 4 members (excludes halogenated alkanes) is 1. The summed E-state index contributed by atoms with van der Waals surface area (Å²) in [6.45, 7) is 10.9. The molecule has 0 aromatic rings. The molecule has 2 N–H and O–H groups in total. The van der Waals surface area contributed by atoms with Gasteiger partial charge in [0.15, 0.2) is 6.10 Å². The van der Waals surface area contributed by atoms with Crippen molar-refractivity contribution in [1.82, 2.24) is 10.9 Å². The number of hydrazine groups is 1. The summed E-state index contributed by atoms with van der Waals surface area (Å²) in [5.41, 5.74) is 8.04. The Morgan fingerprint density at radius 3 is 2.74 bits per heavy atom. The molecule has 38 heavy (non-hydrogen) atoms. The maximum atomic E-state index is 12.6. The number of hydrogen-bond acceptors (Lipinski definition) is 8. The van der Waals surface area contributed by atoms with Gasteiger partial charge in [-0.1, -0.05) is 38.5 Å². The Balaban J connectivity index is 1.39. The Morgan fingerprint density at radius 1 is 1.21 bits per heavy atom. The molecule has 2 heterocycles. The number of methoxy groups -OCH3 is 2. The first-order chi connectivity index (χ1) is 18.2. The molecule has 0 aromatic heterocycles. The third-order valence-electron chi connectivity index (χ3n) is 9.96. The third kappa shape index (κ3) is 6.03. The number of carbonyl (C=O) groups excluding carboxylic acids is 2. The molecule has 0 bridgehead atoms. The quantitative estimate of drug-likeness (QED) is 0.177. The monoisotopic (exact) mass is 532 g/mol. The summed E-state index contributed by atoms with van der Waals surface area (Å²) in [6, 6.07) is 0.481. The fraction of sp³-hybridized carbons (Fsp3) is 0.800. The average Bonchev–Trinajstić information content (AvgIpc) is 3.52. The molecule has 4 rings (SSSR count). The van der Waals surface area contributed by atoms with Crippen LogP contribution in [0.2, 0.25) is 0 Å². The largest absolute Gasteiger partial charge is 0.458 e. The Morgan fingerprint density at radius 2 is 2.03 bits per heavy atom. The van der Waals surface area contributed by atoms with Gasteiger partial charge in [-0.3, -0.25) is 15.6 Å². The second-order valence-corrected chi connectivity index (χ2v) is 12.3. The van der Waals surface area contributed by atoms with Crippen LogP contribution in [-0.4, -0.2) is 64.2 Å². The zero-order valence-corrected chi connectivity index (χ0v) is 23.8. The van der Waals surface area contributed by atoms with Gasteiger partial charge in [-0.15, -0.1) is 0 Å². The van der Waals surface area contributed by atoms with E-state index in [-0.39, 0.29) is 41.4 Å². The zero-order chi connectivity index (χ0) is 27.3. The van der Waals surface area contributed by atoms with Gasteiger partial charge in [0.05, 0.1) is 18.3 Å². The molecule has 4 fully saturated rings. The molecule has 7 atom stereocenters. The first-order valence-corrected chi connectivity index (χ1v) is 14.5. The molecule has 2 saturated heterocycles. The third-order valence-corrected chi connectivity index (χ3v) is 9.96. The van der Waals surface area contributed by atoms with Crippen LogP contribution < -0.4 is 10.9 Å². The van der Waals surface area contributed by atoms with Gasteiger partial charge in [0, 0.05) is 38.6 Å². The van der Waals surface area contributed by atoms with Crippen LogP contribution >= 0.6 is 0 Å². The fourth-order valence-electron chi connectivity index (χ4n) is 7.94. The fourth-order valence-corrected chi connectivity index (χ4v) is 7.94. The molecule has 2 saturated carbocycles. The molecule has 0 aromatic carbocycles. The minimum absolute atomic E-state index is 0.0209. The lowest BCUT2D eigenvalue weighted by Crippen LogP contribution is -2.58. The predicted octanol–water partition coefficient (Wildman–Crippen LogP) is 4.25. The average molecular weight is 533 g/mol. The van der Waals surface area contributed by atoms with Gasteiger partial charge in [-0.05, 0) is 68.6 Å². The first-order valence-electron chi connectivity index (χ1n) is 14.5. The van der Waals surface area contributed by atoms with Crippen molar-refractivity contribution in [3.05, 3.63) is 23.8 Å². The van der Waals surface area contributed by atoms with Crippen LogP contribution in [0.3, 0.4) is 0 Å². The van der Waals surface area contributed by atoms with E-state index in [1.807, 2.05) is 13.2 Å². The summed E-state index contributed by atoms with van der Waals surface area (Å²) in [5.74, 6) is 0.00478. The van der Waals surface area contributed by atoms with Crippen molar-refractivity contribution >= 4 is 11.9 Å². The van der Waals surface area contributed by atoms with Crippen LogP contribution in [0, 0.1) is 22.7 Å². The summed E-state index contributed by atoms with van der Waals surface area (Å²) < 4.78 is 22.7. The molecule has 0 spiro atoms. The molecule has 3 unspecified atom stereocenters. The van der Waals surface area contributed by atoms with Crippen molar-refractivity contribution in [2.24, 2.45) is 22.7 Å². The van der Waals surface area contributed by atoms with Gasteiger partial charge in [0.25, 0.3) is 0 Å². The Bertz CT molecular complexity index is 899. The van der Waals surface area contributed by atoms with Crippen molar-refractivity contribution in [3.63, 3.8) is 0 Å². The zero-order valence-electron chi connectivity index (χ0n) is 23.8. The van der Waals surface area contributed by atoms with Crippen LogP contribution in [0.15, 0.2) is 23.8 Å². The Kier molecular flexibility index (Phi) is 9.72. The van der Waals surface area contributed by atoms with Crippen molar-refractivity contribution in [3.8, 4) is 0 Å². The van der Waals surface area contributed by atoms with E-state index in [0.717, 1.165) is 57.9 Å². The molecule has 8 heteroatoms. The number of esters is 2. The predicted molar refractivity (Wildman–Crippen MR) is 145 cm³/mol. The highest BCUT2D eigenvalue weighted by Crippen LogP contribution is 2.62. The number of cyclic esters (lactones) is 1. The van der Waals surface area contributed by atoms with E-state index in [4.69, 9.17) is 18.9 Å². The topological polar surface area (TPSA) is 95.1 Å². The second-order valence-electron chi connectivity index (χ2n) is 12.3. The number of rotatable bonds is 11. The summed E-state index contributed by atoms with van der Waals surface area (Å²) in [7, 11) is 3.58. The molecular formula is C30H48N2O6. The number of allylic oxidation sites excluding steroid dienone is 2. The minimum atomic E-state index is -0.626. The molecule has 8 nitrogen and oxygen atoms in total. The van der Waals surface area contributed by atoms with E-state index >= 15 is 0 Å². The van der Waals surface area contributed by atoms with Gasteiger partial charge < -0.3 is 18.9 Å². The van der Waals surface area contributed by atoms with Crippen LogP contribution in [0.5, 0.6) is 0 Å². The van der Waals surface area contributed by atoms with E-state index in [1.165, 1.54) is 5.57 Å². The van der Waals surface area contributed by atoms with Crippen molar-refractivity contribution in [2.45, 2.75) is 96.3 Å². The number of ether oxygens (including phenoxy) is 4. The van der Waals surface area contributed by atoms with Crippen molar-refractivity contribution in [1.29, 1.82) is 0 Å². The lowest BCUT2D eigenvalue weighted by molar-refractivity contribution is -0.166. The standard InChI is InChI=1S/C30H48N2O6/c1-20-10-13-25-29(2,16-14-26(36-5)30(25,3)19-35-4)23(20)12-11-22-24(18-37-28(22)34)38-27(33)9-7-6-8-21-15-17-31-32-21/h11,21,23-26,31-32H,1,6-10,12-19H2,2-5H3/b22-11+/t21?,23-,24?,25?,26-,29+,30+/m1/s1. The lowest BCUT2D eigenvalue weighted by atomic mass is 9.46. The summed E-state index contributed by atoms with van der Waals surface area (Å²) in [4.78, 5) is 25.2. The highest BCUT2D eigenvalue weighted by Gasteiger charge is 2.58. The first kappa shape index (κ1) is 29.2. The lowest BCUT2D eigenvalue weighted by Gasteiger charge is -2.60. The highest BCUT2D eigenvalue weighted by molar-refractivity contribution is 5.92. The van der Waals surface area contributed by atoms with Crippen LogP contribution in [0.25, 0.3) is 0 Å². The van der Waals surface area contributed by atoms with Crippen LogP contribution in [0.4, 0.5) is 0 Å². The van der Waals surface area contributed by atoms with E-state index in [2.05, 4.69) is 31.3 Å². The molecule has 2 aliphatic carbocycles. The van der Waals surface area contributed by atoms with Crippen molar-refractivity contribution < 1.29 is 28.5 Å². The van der Waals surface area contributed by atoms with Gasteiger partial charge in [0.1, 0.15) is 6.61 Å². The highest BCUT2D eigenvalue weighted by atomic mass is 16.6. The van der Waals surface area contributed by atoms with E-state index in [9.17, 15) is 9.59 Å². The summed E-state index contributed by atoms with van der Waals surface area (Å²) in [5, 5.41) is 0. The number of nitrogens with one attached hydrogen (secondary N) is 2. The summed E-state index contributed by atoms with van der Waals surface area (Å²) in [6.07, 6.45) is 10.5. The second kappa shape index (κ2) is 12.6. The van der Waals surface area contributed by atoms with Crippen molar-refractivity contribution in [2.75, 3.05) is 34.0 Å². The smallest absolute Gasteiger partial charge is 0.337 e. The number of hydrogen-bond donors (Lipinski definition) is 2. The van der Waals surface area contributed by atoms with Gasteiger partial charge in [-0.25, -0.2) is 4.79 Å². The number of fused-ring (bicyclic) bond motifs is 1. The minimum Gasteiger partial charge on any atom is -0.458 e. The molecule has 4 aliphatic rings. The van der Waals surface area contributed by atoms with Crippen LogP contribution in [-0.2, 0) is 28.5 Å². The van der Waals surface area contributed by atoms with Gasteiger partial charge in [-0.2, -0.15) is 0 Å². The van der Waals surface area contributed by atoms with Gasteiger partial charge in [0.2, 0.25) is 0 Å².